The van der Waals surface area contributed by atoms with Crippen LogP contribution in [-0.4, -0.2) is 87.8 Å². The molecule has 0 amide bonds. The van der Waals surface area contributed by atoms with E-state index >= 15 is 0 Å². The second-order valence-electron chi connectivity index (χ2n) is 13.2. The second-order valence-corrected chi connectivity index (χ2v) is 22.2. The van der Waals surface area contributed by atoms with Crippen LogP contribution in [0.15, 0.2) is 102 Å². The molecule has 10 nitrogen and oxygen atoms in total. The summed E-state index contributed by atoms with van der Waals surface area (Å²) in [6.07, 6.45) is 0. The number of aromatic nitrogens is 2. The van der Waals surface area contributed by atoms with Gasteiger partial charge in [0.2, 0.25) is 20.0 Å². The molecule has 60 heavy (non-hydrogen) atoms. The molecule has 2 aliphatic heterocycles. The summed E-state index contributed by atoms with van der Waals surface area (Å²) in [6, 6.07) is 18.3. The average molecular weight is 1100 g/mol. The Hall–Kier alpha value is -2.46. The topological polar surface area (TPSA) is 107 Å². The molecule has 2 saturated heterocycles. The molecule has 2 aliphatic rings. The number of nitrogens with zero attached hydrogens (tertiary/aromatic N) is 6. The van der Waals surface area contributed by atoms with Crippen molar-refractivity contribution in [1.29, 1.82) is 0 Å². The summed E-state index contributed by atoms with van der Waals surface area (Å²) in [5.74, 6) is -0.911. The molecule has 4 aromatic carbocycles. The Balaban J connectivity index is 0.000000181. The minimum Gasteiger partial charge on any atom is -0.345 e. The summed E-state index contributed by atoms with van der Waals surface area (Å²) in [6.45, 7) is 3.24. The summed E-state index contributed by atoms with van der Waals surface area (Å²) in [7, 11) is -7.36. The molecule has 0 unspecified atom stereocenters. The SMILES string of the molecule is O=S(=O)(c1ccc(Br)cc1Cl)N1CCN(c2nc(-c3cc(F)cc(Cl)c3)cs2)CC1.O=S(=O)(c1ccc(Br)cc1Cl)N1CCN(c2nc(-c3ccc(Cl)c(F)c3)cs2)CC1. The van der Waals surface area contributed by atoms with Crippen LogP contribution in [0.25, 0.3) is 22.5 Å². The normalized spacial score (nSPS) is 15.5. The van der Waals surface area contributed by atoms with Gasteiger partial charge in [0.1, 0.15) is 21.4 Å². The summed E-state index contributed by atoms with van der Waals surface area (Å²) in [5, 5.41) is 5.95. The van der Waals surface area contributed by atoms with Gasteiger partial charge in [0.25, 0.3) is 0 Å². The van der Waals surface area contributed by atoms with Crippen LogP contribution in [0.1, 0.15) is 0 Å². The number of anilines is 2. The highest BCUT2D eigenvalue weighted by Crippen LogP contribution is 2.34. The molecule has 0 saturated carbocycles. The lowest BCUT2D eigenvalue weighted by Crippen LogP contribution is -2.48. The van der Waals surface area contributed by atoms with Gasteiger partial charge in [0.05, 0.1) is 26.5 Å². The number of hydrogen-bond acceptors (Lipinski definition) is 10. The van der Waals surface area contributed by atoms with Crippen LogP contribution < -0.4 is 9.80 Å². The third-order valence-electron chi connectivity index (χ3n) is 9.40. The van der Waals surface area contributed by atoms with Crippen molar-refractivity contribution in [3.8, 4) is 22.5 Å². The fraction of sp³-hybridized carbons (Fsp3) is 0.211. The van der Waals surface area contributed by atoms with E-state index in [1.54, 1.807) is 36.4 Å². The molecule has 0 radical (unpaired) electrons. The number of benzene rings is 4. The van der Waals surface area contributed by atoms with Crippen LogP contribution in [0.3, 0.4) is 0 Å². The van der Waals surface area contributed by atoms with Crippen LogP contribution in [-0.2, 0) is 20.0 Å². The third-order valence-corrected chi connectivity index (χ3v) is 17.5. The van der Waals surface area contributed by atoms with E-state index in [4.69, 9.17) is 46.4 Å². The minimum absolute atomic E-state index is 0.0670. The van der Waals surface area contributed by atoms with Gasteiger partial charge in [-0.2, -0.15) is 8.61 Å². The van der Waals surface area contributed by atoms with Crippen molar-refractivity contribution in [3.05, 3.63) is 124 Å². The van der Waals surface area contributed by atoms with Crippen LogP contribution in [0.4, 0.5) is 19.0 Å². The number of halogens is 8. The first kappa shape index (κ1) is 45.6. The van der Waals surface area contributed by atoms with Crippen LogP contribution >= 0.6 is 101 Å². The Labute approximate surface area is 390 Å². The molecule has 0 aliphatic carbocycles. The molecule has 4 heterocycles. The highest BCUT2D eigenvalue weighted by atomic mass is 79.9. The Kier molecular flexibility index (Phi) is 14.5. The van der Waals surface area contributed by atoms with Gasteiger partial charge >= 0.3 is 0 Å². The maximum Gasteiger partial charge on any atom is 0.244 e. The van der Waals surface area contributed by atoms with E-state index in [1.165, 1.54) is 67.7 Å². The Bertz CT molecular complexity index is 2750. The lowest BCUT2D eigenvalue weighted by molar-refractivity contribution is 0.384. The molecular weight excluding hydrogens is 1070 g/mol. The van der Waals surface area contributed by atoms with Gasteiger partial charge < -0.3 is 9.80 Å². The zero-order valence-corrected chi connectivity index (χ0v) is 40.2. The van der Waals surface area contributed by atoms with Crippen molar-refractivity contribution in [3.63, 3.8) is 0 Å². The maximum atomic E-state index is 13.7. The van der Waals surface area contributed by atoms with Crippen molar-refractivity contribution >= 4 is 131 Å². The first-order chi connectivity index (χ1) is 28.5. The number of hydrogen-bond donors (Lipinski definition) is 0. The van der Waals surface area contributed by atoms with Crippen molar-refractivity contribution < 1.29 is 25.6 Å². The molecule has 316 valence electrons. The minimum atomic E-state index is -3.68. The van der Waals surface area contributed by atoms with Crippen LogP contribution in [0.5, 0.6) is 0 Å². The van der Waals surface area contributed by atoms with Gasteiger partial charge in [0, 0.05) is 88.2 Å². The van der Waals surface area contributed by atoms with Gasteiger partial charge in [-0.3, -0.25) is 0 Å². The molecule has 8 rings (SSSR count). The average Bonchev–Trinajstić information content (AvgIpc) is 3.91. The highest BCUT2D eigenvalue weighted by Gasteiger charge is 2.32. The molecular formula is C38H30Br2Cl4F2N6O4S4. The molecule has 0 atom stereocenters. The summed E-state index contributed by atoms with van der Waals surface area (Å²) in [4.78, 5) is 13.4. The summed E-state index contributed by atoms with van der Waals surface area (Å²) >= 11 is 33.4. The van der Waals surface area contributed by atoms with Crippen molar-refractivity contribution in [2.24, 2.45) is 0 Å². The standard InChI is InChI=1S/2C19H15BrCl2FN3O2S2/c20-13-2-4-18(15(22)10-13)30(27,28)26-7-5-25(6-8-26)19-24-17(11-29-19)12-1-3-14(21)16(23)9-12;20-13-1-2-18(16(22)9-13)30(27,28)26-5-3-25(4-6-26)19-24-17(11-29-19)12-7-14(21)10-15(23)8-12/h1-4,9-11H,5-8H2;1-2,7-11H,3-6H2. The number of rotatable bonds is 8. The van der Waals surface area contributed by atoms with Gasteiger partial charge in [-0.25, -0.2) is 35.6 Å². The lowest BCUT2D eigenvalue weighted by atomic mass is 10.2. The third kappa shape index (κ3) is 10.3. The molecule has 2 aromatic heterocycles. The fourth-order valence-electron chi connectivity index (χ4n) is 6.33. The summed E-state index contributed by atoms with van der Waals surface area (Å²) < 4.78 is 83.5. The van der Waals surface area contributed by atoms with E-state index in [0.29, 0.717) is 79.9 Å². The highest BCUT2D eigenvalue weighted by molar-refractivity contribution is 9.10. The lowest BCUT2D eigenvalue weighted by Gasteiger charge is -2.33. The van der Waals surface area contributed by atoms with E-state index in [2.05, 4.69) is 41.8 Å². The van der Waals surface area contributed by atoms with Gasteiger partial charge in [-0.1, -0.05) is 84.3 Å². The smallest absolute Gasteiger partial charge is 0.244 e. The monoisotopic (exact) mass is 1100 g/mol. The van der Waals surface area contributed by atoms with E-state index in [-0.39, 0.29) is 24.9 Å². The Morgan fingerprint density at radius 1 is 0.550 bits per heavy atom. The molecule has 6 aromatic rings. The van der Waals surface area contributed by atoms with Crippen LogP contribution in [0.2, 0.25) is 20.1 Å². The molecule has 0 N–H and O–H groups in total. The van der Waals surface area contributed by atoms with E-state index in [0.717, 1.165) is 19.2 Å². The van der Waals surface area contributed by atoms with E-state index in [1.807, 2.05) is 20.6 Å². The number of thiazole rings is 2. The predicted molar refractivity (Wildman–Crippen MR) is 245 cm³/mol. The van der Waals surface area contributed by atoms with Gasteiger partial charge in [0.15, 0.2) is 10.3 Å². The zero-order valence-electron chi connectivity index (χ0n) is 30.7. The van der Waals surface area contributed by atoms with Crippen molar-refractivity contribution in [1.82, 2.24) is 18.6 Å². The van der Waals surface area contributed by atoms with Gasteiger partial charge in [-0.15, -0.1) is 22.7 Å². The molecule has 0 bridgehead atoms. The maximum absolute atomic E-state index is 13.7. The number of sulfonamides is 2. The first-order valence-electron chi connectivity index (χ1n) is 17.7. The first-order valence-corrected chi connectivity index (χ1v) is 25.5. The van der Waals surface area contributed by atoms with Crippen molar-refractivity contribution in [2.75, 3.05) is 62.2 Å². The van der Waals surface area contributed by atoms with Gasteiger partial charge in [-0.05, 0) is 66.7 Å². The summed E-state index contributed by atoms with van der Waals surface area (Å²) in [5.41, 5.74) is 2.54. The van der Waals surface area contributed by atoms with E-state index in [9.17, 15) is 25.6 Å². The Morgan fingerprint density at radius 3 is 1.45 bits per heavy atom. The molecule has 2 fully saturated rings. The van der Waals surface area contributed by atoms with E-state index < -0.39 is 31.7 Å². The molecule has 22 heteroatoms. The quantitative estimate of drug-likeness (QED) is 0.148. The number of piperazine rings is 2. The van der Waals surface area contributed by atoms with Crippen molar-refractivity contribution in [2.45, 2.75) is 9.79 Å². The Morgan fingerprint density at radius 2 is 1.02 bits per heavy atom. The van der Waals surface area contributed by atoms with Crippen LogP contribution in [0, 0.1) is 11.6 Å². The zero-order chi connectivity index (χ0) is 42.9. The second kappa shape index (κ2) is 19.1. The molecule has 0 spiro atoms. The largest absolute Gasteiger partial charge is 0.345 e. The predicted octanol–water partition coefficient (Wildman–Crippen LogP) is 11.1. The fourth-order valence-corrected chi connectivity index (χ4v) is 13.3.